The van der Waals surface area contributed by atoms with Gasteiger partial charge in [-0.25, -0.2) is 4.79 Å². The number of hydrogen-bond acceptors (Lipinski definition) is 6. The Morgan fingerprint density at radius 1 is 1.15 bits per heavy atom. The summed E-state index contributed by atoms with van der Waals surface area (Å²) in [7, 11) is 1.82. The molecule has 0 unspecified atom stereocenters. The molecule has 3 aromatic rings. The predicted molar refractivity (Wildman–Crippen MR) is 106 cm³/mol. The van der Waals surface area contributed by atoms with Gasteiger partial charge >= 0.3 is 6.03 Å². The van der Waals surface area contributed by atoms with E-state index < -0.39 is 0 Å². The van der Waals surface area contributed by atoms with Crippen LogP contribution < -0.4 is 10.2 Å². The molecule has 0 bridgehead atoms. The van der Waals surface area contributed by atoms with Crippen molar-refractivity contribution in [3.8, 4) is 11.4 Å². The predicted octanol–water partition coefficient (Wildman–Crippen LogP) is 2.60. The van der Waals surface area contributed by atoms with Crippen molar-refractivity contribution < 1.29 is 4.79 Å². The van der Waals surface area contributed by atoms with Crippen LogP contribution in [0.1, 0.15) is 5.69 Å². The molecule has 0 atom stereocenters. The van der Waals surface area contributed by atoms with Gasteiger partial charge in [-0.1, -0.05) is 30.3 Å². The maximum absolute atomic E-state index is 12.5. The van der Waals surface area contributed by atoms with E-state index in [9.17, 15) is 4.79 Å². The van der Waals surface area contributed by atoms with Gasteiger partial charge in [0.05, 0.1) is 5.69 Å². The first-order valence-corrected chi connectivity index (χ1v) is 9.58. The van der Waals surface area contributed by atoms with E-state index in [0.29, 0.717) is 18.9 Å². The lowest BCUT2D eigenvalue weighted by atomic mass is 10.2. The number of benzene rings is 1. The number of carbonyl (C=O) groups is 1. The molecule has 27 heavy (non-hydrogen) atoms. The van der Waals surface area contributed by atoms with Crippen LogP contribution >= 0.6 is 11.5 Å². The molecule has 9 heteroatoms. The van der Waals surface area contributed by atoms with Gasteiger partial charge in [-0.05, 0) is 6.92 Å². The minimum absolute atomic E-state index is 0.0973. The fourth-order valence-electron chi connectivity index (χ4n) is 3.07. The highest BCUT2D eigenvalue weighted by atomic mass is 32.1. The van der Waals surface area contributed by atoms with Crippen LogP contribution in [-0.4, -0.2) is 56.2 Å². The summed E-state index contributed by atoms with van der Waals surface area (Å²) in [6.07, 6.45) is 0. The van der Waals surface area contributed by atoms with Gasteiger partial charge < -0.3 is 9.80 Å². The first-order chi connectivity index (χ1) is 13.1. The average Bonchev–Trinajstić information content (AvgIpc) is 3.29. The number of hydrogen-bond donors (Lipinski definition) is 1. The molecule has 0 radical (unpaired) electrons. The van der Waals surface area contributed by atoms with Crippen LogP contribution in [0.3, 0.4) is 0 Å². The van der Waals surface area contributed by atoms with Gasteiger partial charge in [0.25, 0.3) is 0 Å². The van der Waals surface area contributed by atoms with Crippen LogP contribution in [0.15, 0.2) is 36.4 Å². The highest BCUT2D eigenvalue weighted by Crippen LogP contribution is 2.24. The van der Waals surface area contributed by atoms with Crippen LogP contribution in [0.2, 0.25) is 0 Å². The summed E-state index contributed by atoms with van der Waals surface area (Å²) < 4.78 is 6.15. The van der Waals surface area contributed by atoms with E-state index in [1.54, 1.807) is 4.68 Å². The number of aromatic nitrogens is 4. The normalized spacial score (nSPS) is 14.4. The van der Waals surface area contributed by atoms with Gasteiger partial charge in [0.1, 0.15) is 5.82 Å². The van der Waals surface area contributed by atoms with Crippen LogP contribution in [0, 0.1) is 6.92 Å². The zero-order valence-corrected chi connectivity index (χ0v) is 16.1. The van der Waals surface area contributed by atoms with Crippen molar-refractivity contribution in [2.75, 3.05) is 36.4 Å². The third kappa shape index (κ3) is 3.77. The van der Waals surface area contributed by atoms with Gasteiger partial charge in [0.2, 0.25) is 5.13 Å². The first-order valence-electron chi connectivity index (χ1n) is 8.81. The maximum atomic E-state index is 12.5. The Morgan fingerprint density at radius 3 is 2.56 bits per heavy atom. The topological polar surface area (TPSA) is 79.2 Å². The number of amides is 2. The zero-order valence-electron chi connectivity index (χ0n) is 15.3. The quantitative estimate of drug-likeness (QED) is 0.752. The van der Waals surface area contributed by atoms with E-state index in [-0.39, 0.29) is 6.03 Å². The van der Waals surface area contributed by atoms with Crippen LogP contribution in [0.25, 0.3) is 11.4 Å². The van der Waals surface area contributed by atoms with E-state index >= 15 is 0 Å². The van der Waals surface area contributed by atoms with Crippen LogP contribution in [-0.2, 0) is 7.05 Å². The summed E-state index contributed by atoms with van der Waals surface area (Å²) in [5.74, 6) is 1.46. The third-order valence-electron chi connectivity index (χ3n) is 4.52. The number of aryl methyl sites for hydroxylation is 2. The van der Waals surface area contributed by atoms with Crippen molar-refractivity contribution in [1.29, 1.82) is 0 Å². The Balaban J connectivity index is 1.36. The molecule has 1 aliphatic rings. The fourth-order valence-corrected chi connectivity index (χ4v) is 3.81. The van der Waals surface area contributed by atoms with Crippen molar-refractivity contribution in [3.63, 3.8) is 0 Å². The lowest BCUT2D eigenvalue weighted by Crippen LogP contribution is -2.50. The molecular formula is C18H21N7OS. The highest BCUT2D eigenvalue weighted by molar-refractivity contribution is 7.09. The molecule has 1 N–H and O–H groups in total. The Hall–Kier alpha value is -2.94. The van der Waals surface area contributed by atoms with Crippen LogP contribution in [0.4, 0.5) is 15.7 Å². The number of urea groups is 1. The van der Waals surface area contributed by atoms with Gasteiger partial charge in [-0.3, -0.25) is 10.00 Å². The summed E-state index contributed by atoms with van der Waals surface area (Å²) in [5.41, 5.74) is 1.90. The summed E-state index contributed by atoms with van der Waals surface area (Å²) in [5, 5.41) is 8.07. The number of anilines is 2. The standard InChI is InChI=1S/C18H21N7OS/c1-13-12-15(23(2)21-13)19-17(26)24-8-10-25(11-9-24)18-20-16(22-27-18)14-6-4-3-5-7-14/h3-7,12H,8-11H2,1-2H3,(H,19,26). The highest BCUT2D eigenvalue weighted by Gasteiger charge is 2.24. The minimum atomic E-state index is -0.0973. The summed E-state index contributed by atoms with van der Waals surface area (Å²) in [6, 6.07) is 11.7. The molecule has 0 aliphatic carbocycles. The van der Waals surface area contributed by atoms with Gasteiger partial charge in [-0.2, -0.15) is 14.5 Å². The second-order valence-electron chi connectivity index (χ2n) is 6.47. The maximum Gasteiger partial charge on any atom is 0.323 e. The lowest BCUT2D eigenvalue weighted by molar-refractivity contribution is 0.208. The van der Waals surface area contributed by atoms with Crippen molar-refractivity contribution in [2.24, 2.45) is 7.05 Å². The Bertz CT molecular complexity index is 928. The number of piperazine rings is 1. The minimum Gasteiger partial charge on any atom is -0.343 e. The SMILES string of the molecule is Cc1cc(NC(=O)N2CCN(c3nc(-c4ccccc4)ns3)CC2)n(C)n1. The Labute approximate surface area is 161 Å². The molecule has 2 aromatic heterocycles. The molecule has 3 heterocycles. The number of rotatable bonds is 3. The molecule has 2 amide bonds. The number of nitrogens with one attached hydrogen (secondary N) is 1. The number of nitrogens with zero attached hydrogens (tertiary/aromatic N) is 6. The van der Waals surface area contributed by atoms with Gasteiger partial charge in [-0.15, -0.1) is 0 Å². The second kappa shape index (κ2) is 7.36. The van der Waals surface area contributed by atoms with Crippen molar-refractivity contribution in [2.45, 2.75) is 6.92 Å². The average molecular weight is 383 g/mol. The Morgan fingerprint density at radius 2 is 1.89 bits per heavy atom. The lowest BCUT2D eigenvalue weighted by Gasteiger charge is -2.34. The summed E-state index contributed by atoms with van der Waals surface area (Å²) in [6.45, 7) is 4.66. The molecule has 1 saturated heterocycles. The van der Waals surface area contributed by atoms with E-state index in [4.69, 9.17) is 0 Å². The molecule has 0 spiro atoms. The second-order valence-corrected chi connectivity index (χ2v) is 7.20. The molecule has 140 valence electrons. The van der Waals surface area contributed by atoms with E-state index in [1.807, 2.05) is 55.3 Å². The third-order valence-corrected chi connectivity index (χ3v) is 5.30. The molecule has 1 aliphatic heterocycles. The van der Waals surface area contributed by atoms with E-state index in [2.05, 4.69) is 24.7 Å². The largest absolute Gasteiger partial charge is 0.343 e. The zero-order chi connectivity index (χ0) is 18.8. The van der Waals surface area contributed by atoms with Crippen molar-refractivity contribution >= 4 is 28.5 Å². The fraction of sp³-hybridized carbons (Fsp3) is 0.333. The number of carbonyl (C=O) groups excluding carboxylic acids is 1. The van der Waals surface area contributed by atoms with E-state index in [0.717, 1.165) is 35.3 Å². The van der Waals surface area contributed by atoms with Gasteiger partial charge in [0, 0.05) is 56.4 Å². The molecule has 4 rings (SSSR count). The molecular weight excluding hydrogens is 362 g/mol. The summed E-state index contributed by atoms with van der Waals surface area (Å²) >= 11 is 1.40. The smallest absolute Gasteiger partial charge is 0.323 e. The molecule has 0 saturated carbocycles. The first kappa shape index (κ1) is 17.5. The van der Waals surface area contributed by atoms with Crippen LogP contribution in [0.5, 0.6) is 0 Å². The van der Waals surface area contributed by atoms with Crippen molar-refractivity contribution in [3.05, 3.63) is 42.1 Å². The molecule has 8 nitrogen and oxygen atoms in total. The Kier molecular flexibility index (Phi) is 4.76. The molecule has 1 aromatic carbocycles. The van der Waals surface area contributed by atoms with Crippen molar-refractivity contribution in [1.82, 2.24) is 24.0 Å². The monoisotopic (exact) mass is 383 g/mol. The summed E-state index contributed by atoms with van der Waals surface area (Å²) in [4.78, 5) is 21.2. The van der Waals surface area contributed by atoms with E-state index in [1.165, 1.54) is 11.5 Å². The van der Waals surface area contributed by atoms with Gasteiger partial charge in [0.15, 0.2) is 5.82 Å². The molecule has 1 fully saturated rings.